The van der Waals surface area contributed by atoms with Gasteiger partial charge in [-0.1, -0.05) is 0 Å². The Hall–Kier alpha value is -0.200. The summed E-state index contributed by atoms with van der Waals surface area (Å²) in [6.45, 7) is 2.17. The summed E-state index contributed by atoms with van der Waals surface area (Å²) in [4.78, 5) is 2.13. The van der Waals surface area contributed by atoms with Gasteiger partial charge < -0.3 is 0 Å². The molecule has 0 aromatic heterocycles. The normalized spacial score (nSPS) is 35.3. The quantitative estimate of drug-likeness (QED) is 0.529. The number of nitrogens with zero attached hydrogens (tertiary/aromatic N) is 2. The molecule has 0 amide bonds. The van der Waals surface area contributed by atoms with Gasteiger partial charge in [0.2, 0.25) is 0 Å². The molecule has 2 nitrogen and oxygen atoms in total. The topological polar surface area (TPSA) is 27.0 Å². The average molecular weight is 156 g/mol. The minimum Gasteiger partial charge on any atom is -0.280 e. The minimum atomic E-state index is 0.0868. The third kappa shape index (κ3) is 1.44. The van der Waals surface area contributed by atoms with Crippen LogP contribution in [0.1, 0.15) is 13.3 Å². The van der Waals surface area contributed by atoms with Gasteiger partial charge in [-0.15, -0.1) is 11.8 Å². The third-order valence-electron chi connectivity index (χ3n) is 1.99. The molecule has 0 spiro atoms. The Bertz CT molecular complexity index is 152. The average Bonchev–Trinajstić information content (AvgIpc) is 1.95. The number of hydrogen-bond acceptors (Lipinski definition) is 3. The predicted octanol–water partition coefficient (Wildman–Crippen LogP) is 1.29. The van der Waals surface area contributed by atoms with Crippen molar-refractivity contribution in [3.63, 3.8) is 0 Å². The molecule has 0 aliphatic carbocycles. The molecule has 1 fully saturated rings. The molecular weight excluding hydrogens is 144 g/mol. The standard InChI is InChI=1S/C7H12N2S/c1-6-3-4-10-7(5-8)9(6)2/h6-7H,3-4H2,1-2H3. The van der Waals surface area contributed by atoms with Crippen LogP contribution >= 0.6 is 11.8 Å². The maximum atomic E-state index is 8.67. The van der Waals surface area contributed by atoms with E-state index in [0.717, 1.165) is 5.75 Å². The van der Waals surface area contributed by atoms with E-state index >= 15 is 0 Å². The van der Waals surface area contributed by atoms with Crippen molar-refractivity contribution in [2.45, 2.75) is 24.8 Å². The smallest absolute Gasteiger partial charge is 0.144 e. The molecule has 3 heteroatoms. The van der Waals surface area contributed by atoms with Gasteiger partial charge in [0.1, 0.15) is 5.37 Å². The van der Waals surface area contributed by atoms with E-state index in [1.54, 1.807) is 11.8 Å². The van der Waals surface area contributed by atoms with Gasteiger partial charge in [-0.25, -0.2) is 0 Å². The lowest BCUT2D eigenvalue weighted by molar-refractivity contribution is 0.255. The summed E-state index contributed by atoms with van der Waals surface area (Å²) >= 11 is 1.74. The van der Waals surface area contributed by atoms with Gasteiger partial charge in [-0.05, 0) is 26.1 Å². The number of thioether (sulfide) groups is 1. The lowest BCUT2D eigenvalue weighted by Crippen LogP contribution is -2.39. The molecule has 56 valence electrons. The summed E-state index contributed by atoms with van der Waals surface area (Å²) in [5.41, 5.74) is 0. The van der Waals surface area contributed by atoms with Crippen LogP contribution in [0.3, 0.4) is 0 Å². The Morgan fingerprint density at radius 2 is 2.40 bits per heavy atom. The first-order chi connectivity index (χ1) is 4.75. The zero-order chi connectivity index (χ0) is 7.56. The molecule has 2 unspecified atom stereocenters. The summed E-state index contributed by atoms with van der Waals surface area (Å²) in [6, 6.07) is 2.85. The fourth-order valence-corrected chi connectivity index (χ4v) is 2.25. The van der Waals surface area contributed by atoms with Crippen LogP contribution in [0, 0.1) is 11.3 Å². The zero-order valence-electron chi connectivity index (χ0n) is 6.37. The molecule has 1 saturated heterocycles. The van der Waals surface area contributed by atoms with Crippen molar-refractivity contribution in [2.75, 3.05) is 12.8 Å². The van der Waals surface area contributed by atoms with Crippen molar-refractivity contribution in [3.8, 4) is 6.07 Å². The summed E-state index contributed by atoms with van der Waals surface area (Å²) in [7, 11) is 2.02. The van der Waals surface area contributed by atoms with Gasteiger partial charge in [0, 0.05) is 6.04 Å². The first-order valence-corrected chi connectivity index (χ1v) is 4.53. The lowest BCUT2D eigenvalue weighted by Gasteiger charge is -2.32. The number of nitriles is 1. The van der Waals surface area contributed by atoms with E-state index in [0.29, 0.717) is 6.04 Å². The van der Waals surface area contributed by atoms with Gasteiger partial charge in [-0.3, -0.25) is 4.90 Å². The van der Waals surface area contributed by atoms with E-state index in [4.69, 9.17) is 5.26 Å². The molecule has 1 aliphatic rings. The highest BCUT2D eigenvalue weighted by molar-refractivity contribution is 8.00. The van der Waals surface area contributed by atoms with Gasteiger partial charge in [-0.2, -0.15) is 5.26 Å². The van der Waals surface area contributed by atoms with Gasteiger partial charge >= 0.3 is 0 Å². The highest BCUT2D eigenvalue weighted by Crippen LogP contribution is 2.24. The second kappa shape index (κ2) is 3.27. The SMILES string of the molecule is CC1CCSC(C#N)N1C. The van der Waals surface area contributed by atoms with Crippen LogP contribution in [0.4, 0.5) is 0 Å². The van der Waals surface area contributed by atoms with E-state index in [9.17, 15) is 0 Å². The molecule has 1 aliphatic heterocycles. The molecule has 1 rings (SSSR count). The van der Waals surface area contributed by atoms with Crippen molar-refractivity contribution < 1.29 is 0 Å². The van der Waals surface area contributed by atoms with Crippen molar-refractivity contribution in [2.24, 2.45) is 0 Å². The molecule has 0 radical (unpaired) electrons. The maximum absolute atomic E-state index is 8.67. The molecule has 10 heavy (non-hydrogen) atoms. The molecular formula is C7H12N2S. The Morgan fingerprint density at radius 3 is 2.90 bits per heavy atom. The fourth-order valence-electron chi connectivity index (χ4n) is 1.03. The van der Waals surface area contributed by atoms with Crippen LogP contribution in [0.25, 0.3) is 0 Å². The maximum Gasteiger partial charge on any atom is 0.144 e. The van der Waals surface area contributed by atoms with Gasteiger partial charge in [0.25, 0.3) is 0 Å². The van der Waals surface area contributed by atoms with Gasteiger partial charge in [0.05, 0.1) is 6.07 Å². The van der Waals surface area contributed by atoms with Crippen molar-refractivity contribution in [1.82, 2.24) is 4.90 Å². The highest BCUT2D eigenvalue weighted by Gasteiger charge is 2.23. The molecule has 0 saturated carbocycles. The number of hydrogen-bond donors (Lipinski definition) is 0. The molecule has 0 aromatic carbocycles. The summed E-state index contributed by atoms with van der Waals surface area (Å²) in [5.74, 6) is 1.13. The van der Waals surface area contributed by atoms with E-state index in [1.165, 1.54) is 6.42 Å². The predicted molar refractivity (Wildman–Crippen MR) is 43.7 cm³/mol. The van der Waals surface area contributed by atoms with Crippen LogP contribution in [-0.2, 0) is 0 Å². The monoisotopic (exact) mass is 156 g/mol. The Kier molecular flexibility index (Phi) is 2.58. The van der Waals surface area contributed by atoms with Crippen LogP contribution in [0.2, 0.25) is 0 Å². The van der Waals surface area contributed by atoms with E-state index < -0.39 is 0 Å². The van der Waals surface area contributed by atoms with Crippen LogP contribution in [-0.4, -0.2) is 29.1 Å². The molecule has 1 heterocycles. The van der Waals surface area contributed by atoms with E-state index in [1.807, 2.05) is 7.05 Å². The fraction of sp³-hybridized carbons (Fsp3) is 0.857. The molecule has 0 aromatic rings. The minimum absolute atomic E-state index is 0.0868. The van der Waals surface area contributed by atoms with Crippen molar-refractivity contribution >= 4 is 11.8 Å². The lowest BCUT2D eigenvalue weighted by atomic mass is 10.2. The summed E-state index contributed by atoms with van der Waals surface area (Å²) in [5, 5.41) is 8.75. The van der Waals surface area contributed by atoms with Gasteiger partial charge in [0.15, 0.2) is 0 Å². The second-order valence-corrected chi connectivity index (χ2v) is 3.84. The Balaban J connectivity index is 2.53. The van der Waals surface area contributed by atoms with E-state index in [-0.39, 0.29) is 5.37 Å². The molecule has 0 bridgehead atoms. The van der Waals surface area contributed by atoms with Crippen LogP contribution in [0.5, 0.6) is 0 Å². The highest BCUT2D eigenvalue weighted by atomic mass is 32.2. The zero-order valence-corrected chi connectivity index (χ0v) is 7.19. The molecule has 0 N–H and O–H groups in total. The van der Waals surface area contributed by atoms with Crippen LogP contribution < -0.4 is 0 Å². The first-order valence-electron chi connectivity index (χ1n) is 3.49. The van der Waals surface area contributed by atoms with Crippen LogP contribution in [0.15, 0.2) is 0 Å². The van der Waals surface area contributed by atoms with E-state index in [2.05, 4.69) is 17.9 Å². The second-order valence-electron chi connectivity index (χ2n) is 2.66. The number of rotatable bonds is 0. The third-order valence-corrected chi connectivity index (χ3v) is 3.21. The summed E-state index contributed by atoms with van der Waals surface area (Å²) < 4.78 is 0. The summed E-state index contributed by atoms with van der Waals surface area (Å²) in [6.07, 6.45) is 1.21. The Labute approximate surface area is 66.2 Å². The van der Waals surface area contributed by atoms with Crippen molar-refractivity contribution in [1.29, 1.82) is 5.26 Å². The van der Waals surface area contributed by atoms with Crippen molar-refractivity contribution in [3.05, 3.63) is 0 Å². The first kappa shape index (κ1) is 7.90. The molecule has 2 atom stereocenters. The Morgan fingerprint density at radius 1 is 1.70 bits per heavy atom. The largest absolute Gasteiger partial charge is 0.280 e.